The number of hydrogen-bond acceptors (Lipinski definition) is 4. The van der Waals surface area contributed by atoms with E-state index >= 15 is 0 Å². The zero-order chi connectivity index (χ0) is 20.1. The maximum Gasteiger partial charge on any atom is 0.227 e. The van der Waals surface area contributed by atoms with Crippen molar-refractivity contribution in [2.45, 2.75) is 26.3 Å². The first-order chi connectivity index (χ1) is 13.5. The summed E-state index contributed by atoms with van der Waals surface area (Å²) in [5, 5.41) is 2.93. The van der Waals surface area contributed by atoms with E-state index in [1.54, 1.807) is 19.1 Å². The summed E-state index contributed by atoms with van der Waals surface area (Å²) in [4.78, 5) is 26.7. The first-order valence-electron chi connectivity index (χ1n) is 9.43. The van der Waals surface area contributed by atoms with E-state index in [1.165, 1.54) is 5.56 Å². The van der Waals surface area contributed by atoms with Gasteiger partial charge in [-0.25, -0.2) is 0 Å². The smallest absolute Gasteiger partial charge is 0.227 e. The van der Waals surface area contributed by atoms with E-state index in [4.69, 9.17) is 9.47 Å². The second kappa shape index (κ2) is 8.78. The first-order valence-corrected chi connectivity index (χ1v) is 9.43. The molecular weight excluding hydrogens is 356 g/mol. The van der Waals surface area contributed by atoms with Crippen molar-refractivity contribution in [2.24, 2.45) is 5.92 Å². The van der Waals surface area contributed by atoms with E-state index in [-0.39, 0.29) is 24.2 Å². The molecular formula is C22H26N2O4. The molecule has 2 aromatic carbocycles. The molecule has 148 valence electrons. The largest absolute Gasteiger partial charge is 0.493 e. The Kier molecular flexibility index (Phi) is 6.19. The summed E-state index contributed by atoms with van der Waals surface area (Å²) in [6.07, 6.45) is 1.14. The molecule has 1 N–H and O–H groups in total. The van der Waals surface area contributed by atoms with Crippen molar-refractivity contribution >= 4 is 17.5 Å². The Morgan fingerprint density at radius 1 is 1.11 bits per heavy atom. The molecule has 2 amide bonds. The van der Waals surface area contributed by atoms with Crippen LogP contribution in [0.3, 0.4) is 0 Å². The second-order valence-corrected chi connectivity index (χ2v) is 6.84. The fraction of sp³-hybridized carbons (Fsp3) is 0.364. The Bertz CT molecular complexity index is 865. The van der Waals surface area contributed by atoms with Crippen LogP contribution in [0.25, 0.3) is 0 Å². The van der Waals surface area contributed by atoms with Crippen LogP contribution in [0.4, 0.5) is 5.69 Å². The van der Waals surface area contributed by atoms with Crippen LogP contribution < -0.4 is 19.7 Å². The zero-order valence-corrected chi connectivity index (χ0v) is 16.5. The van der Waals surface area contributed by atoms with Crippen LogP contribution in [0.15, 0.2) is 42.5 Å². The number of nitrogens with zero attached hydrogens (tertiary/aromatic N) is 1. The quantitative estimate of drug-likeness (QED) is 0.800. The van der Waals surface area contributed by atoms with E-state index in [9.17, 15) is 9.59 Å². The molecule has 1 aliphatic heterocycles. The van der Waals surface area contributed by atoms with Crippen molar-refractivity contribution in [1.29, 1.82) is 0 Å². The van der Waals surface area contributed by atoms with Crippen molar-refractivity contribution in [3.8, 4) is 11.5 Å². The number of hydrogen-bond donors (Lipinski definition) is 1. The normalized spacial score (nSPS) is 16.2. The summed E-state index contributed by atoms with van der Waals surface area (Å²) in [6, 6.07) is 13.4. The van der Waals surface area contributed by atoms with Crippen LogP contribution in [-0.2, 0) is 22.6 Å². The Morgan fingerprint density at radius 2 is 1.89 bits per heavy atom. The summed E-state index contributed by atoms with van der Waals surface area (Å²) in [5.41, 5.74) is 2.94. The Balaban J connectivity index is 1.62. The molecule has 1 saturated heterocycles. The molecule has 1 atom stereocenters. The molecule has 1 heterocycles. The molecule has 6 heteroatoms. The van der Waals surface area contributed by atoms with Gasteiger partial charge < -0.3 is 19.7 Å². The Labute approximate surface area is 165 Å². The maximum atomic E-state index is 12.6. The molecule has 0 saturated carbocycles. The molecule has 0 bridgehead atoms. The molecule has 0 aliphatic carbocycles. The lowest BCUT2D eigenvalue weighted by Gasteiger charge is -2.17. The third-order valence-electron chi connectivity index (χ3n) is 5.04. The number of carbonyl (C=O) groups excluding carboxylic acids is 2. The van der Waals surface area contributed by atoms with Crippen LogP contribution in [0.1, 0.15) is 24.5 Å². The van der Waals surface area contributed by atoms with Gasteiger partial charge in [0.2, 0.25) is 11.8 Å². The highest BCUT2D eigenvalue weighted by Gasteiger charge is 2.35. The predicted octanol–water partition coefficient (Wildman–Crippen LogP) is 2.94. The molecule has 3 rings (SSSR count). The Morgan fingerprint density at radius 3 is 2.61 bits per heavy atom. The van der Waals surface area contributed by atoms with E-state index in [1.807, 2.05) is 42.5 Å². The number of aryl methyl sites for hydroxylation is 1. The minimum atomic E-state index is -0.349. The highest BCUT2D eigenvalue weighted by molar-refractivity contribution is 6.00. The van der Waals surface area contributed by atoms with E-state index < -0.39 is 0 Å². The molecule has 1 unspecified atom stereocenters. The van der Waals surface area contributed by atoms with Crippen LogP contribution in [-0.4, -0.2) is 32.6 Å². The molecule has 0 radical (unpaired) electrons. The summed E-state index contributed by atoms with van der Waals surface area (Å²) >= 11 is 0. The van der Waals surface area contributed by atoms with Gasteiger partial charge in [0.05, 0.1) is 20.1 Å². The molecule has 1 aliphatic rings. The third-order valence-corrected chi connectivity index (χ3v) is 5.04. The summed E-state index contributed by atoms with van der Waals surface area (Å²) in [6.45, 7) is 2.86. The number of benzene rings is 2. The van der Waals surface area contributed by atoms with Gasteiger partial charge in [0.1, 0.15) is 0 Å². The number of ether oxygens (including phenoxy) is 2. The van der Waals surface area contributed by atoms with E-state index in [0.717, 1.165) is 17.7 Å². The van der Waals surface area contributed by atoms with Gasteiger partial charge in [-0.3, -0.25) is 9.59 Å². The van der Waals surface area contributed by atoms with Crippen molar-refractivity contribution in [3.05, 3.63) is 53.6 Å². The average molecular weight is 382 g/mol. The number of rotatable bonds is 7. The van der Waals surface area contributed by atoms with Gasteiger partial charge in [0.15, 0.2) is 11.5 Å². The van der Waals surface area contributed by atoms with E-state index in [0.29, 0.717) is 24.6 Å². The van der Waals surface area contributed by atoms with Crippen molar-refractivity contribution in [3.63, 3.8) is 0 Å². The van der Waals surface area contributed by atoms with Crippen LogP contribution in [0.5, 0.6) is 11.5 Å². The van der Waals surface area contributed by atoms with E-state index in [2.05, 4.69) is 12.2 Å². The SMILES string of the molecule is CCc1cccc(N2CC(C(=O)NCc3ccc(OC)c(OC)c3)CC2=O)c1. The van der Waals surface area contributed by atoms with Crippen LogP contribution in [0.2, 0.25) is 0 Å². The standard InChI is InChI=1S/C22H26N2O4/c1-4-15-6-5-7-18(10-15)24-14-17(12-21(24)25)22(26)23-13-16-8-9-19(27-2)20(11-16)28-3/h5-11,17H,4,12-14H2,1-3H3,(H,23,26). The minimum Gasteiger partial charge on any atom is -0.493 e. The topological polar surface area (TPSA) is 67.9 Å². The molecule has 28 heavy (non-hydrogen) atoms. The van der Waals surface area contributed by atoms with Gasteiger partial charge >= 0.3 is 0 Å². The van der Waals surface area contributed by atoms with Gasteiger partial charge in [-0.1, -0.05) is 25.1 Å². The number of anilines is 1. The van der Waals surface area contributed by atoms with Crippen molar-refractivity contribution in [1.82, 2.24) is 5.32 Å². The lowest BCUT2D eigenvalue weighted by atomic mass is 10.1. The number of carbonyl (C=O) groups is 2. The summed E-state index contributed by atoms with van der Waals surface area (Å²) in [5.74, 6) is 0.783. The monoisotopic (exact) mass is 382 g/mol. The molecule has 0 aromatic heterocycles. The maximum absolute atomic E-state index is 12.6. The molecule has 2 aromatic rings. The number of nitrogens with one attached hydrogen (secondary N) is 1. The average Bonchev–Trinajstić information content (AvgIpc) is 3.13. The van der Waals surface area contributed by atoms with Gasteiger partial charge in [0, 0.05) is 25.2 Å². The molecule has 6 nitrogen and oxygen atoms in total. The second-order valence-electron chi connectivity index (χ2n) is 6.84. The Hall–Kier alpha value is -3.02. The van der Waals surface area contributed by atoms with Crippen molar-refractivity contribution < 1.29 is 19.1 Å². The summed E-state index contributed by atoms with van der Waals surface area (Å²) < 4.78 is 10.5. The highest BCUT2D eigenvalue weighted by Crippen LogP contribution is 2.28. The highest BCUT2D eigenvalue weighted by atomic mass is 16.5. The van der Waals surface area contributed by atoms with Gasteiger partial charge in [-0.2, -0.15) is 0 Å². The lowest BCUT2D eigenvalue weighted by molar-refractivity contribution is -0.126. The molecule has 1 fully saturated rings. The summed E-state index contributed by atoms with van der Waals surface area (Å²) in [7, 11) is 3.16. The predicted molar refractivity (Wildman–Crippen MR) is 108 cm³/mol. The van der Waals surface area contributed by atoms with Gasteiger partial charge in [-0.05, 0) is 41.8 Å². The van der Waals surface area contributed by atoms with Crippen LogP contribution >= 0.6 is 0 Å². The first kappa shape index (κ1) is 19.7. The minimum absolute atomic E-state index is 0.0143. The fourth-order valence-corrected chi connectivity index (χ4v) is 3.40. The lowest BCUT2D eigenvalue weighted by Crippen LogP contribution is -2.32. The number of amides is 2. The number of methoxy groups -OCH3 is 2. The zero-order valence-electron chi connectivity index (χ0n) is 16.5. The van der Waals surface area contributed by atoms with Gasteiger partial charge in [0.25, 0.3) is 0 Å². The van der Waals surface area contributed by atoms with Crippen LogP contribution in [0, 0.1) is 5.92 Å². The third kappa shape index (κ3) is 4.27. The fourth-order valence-electron chi connectivity index (χ4n) is 3.40. The van der Waals surface area contributed by atoms with Crippen molar-refractivity contribution in [2.75, 3.05) is 25.7 Å². The molecule has 0 spiro atoms. The van der Waals surface area contributed by atoms with Gasteiger partial charge in [-0.15, -0.1) is 0 Å².